The summed E-state index contributed by atoms with van der Waals surface area (Å²) in [4.78, 5) is 17.0. The van der Waals surface area contributed by atoms with E-state index in [0.717, 1.165) is 12.8 Å². The number of thiazole rings is 1. The second-order valence-electron chi connectivity index (χ2n) is 5.31. The number of nitrogens with two attached hydrogens (primary N) is 1. The van der Waals surface area contributed by atoms with Gasteiger partial charge in [-0.1, -0.05) is 25.2 Å². The Morgan fingerprint density at radius 2 is 2.05 bits per heavy atom. The number of aromatic nitrogens is 1. The Hall–Kier alpha value is -0.950. The number of rotatable bonds is 8. The van der Waals surface area contributed by atoms with Crippen molar-refractivity contribution in [2.24, 2.45) is 0 Å². The van der Waals surface area contributed by atoms with E-state index >= 15 is 0 Å². The van der Waals surface area contributed by atoms with Gasteiger partial charge < -0.3 is 16.4 Å². The van der Waals surface area contributed by atoms with Crippen LogP contribution >= 0.6 is 23.1 Å². The molecule has 1 aromatic rings. The molecule has 0 fully saturated rings. The molecule has 120 valence electrons. The summed E-state index contributed by atoms with van der Waals surface area (Å²) in [7, 11) is 0. The summed E-state index contributed by atoms with van der Waals surface area (Å²) in [5.74, 6) is 0.158. The van der Waals surface area contributed by atoms with Crippen LogP contribution in [0.2, 0.25) is 0 Å². The van der Waals surface area contributed by atoms with Crippen LogP contribution in [0.5, 0.6) is 0 Å². The van der Waals surface area contributed by atoms with Crippen molar-refractivity contribution in [1.29, 1.82) is 0 Å². The topological polar surface area (TPSA) is 80.0 Å². The highest BCUT2D eigenvalue weighted by Crippen LogP contribution is 2.30. The molecule has 1 rings (SSSR count). The lowest BCUT2D eigenvalue weighted by molar-refractivity contribution is 0.0953. The highest BCUT2D eigenvalue weighted by Gasteiger charge is 2.26. The molecule has 0 aliphatic heterocycles. The fourth-order valence-electron chi connectivity index (χ4n) is 1.99. The lowest BCUT2D eigenvalue weighted by atomic mass is 10.0. The van der Waals surface area contributed by atoms with E-state index in [1.54, 1.807) is 11.8 Å². The minimum atomic E-state index is -0.137. The quantitative estimate of drug-likeness (QED) is 0.682. The van der Waals surface area contributed by atoms with Gasteiger partial charge in [0.2, 0.25) is 0 Å². The van der Waals surface area contributed by atoms with Crippen molar-refractivity contribution < 1.29 is 4.79 Å². The SMILES string of the molecule is CCC(CC)(CNC(=O)c1sc(NC(C)C)nc1N)SC. The van der Waals surface area contributed by atoms with Crippen molar-refractivity contribution in [3.63, 3.8) is 0 Å². The number of nitrogen functional groups attached to an aromatic ring is 1. The van der Waals surface area contributed by atoms with E-state index in [9.17, 15) is 4.79 Å². The predicted octanol–water partition coefficient (Wildman–Crippen LogP) is 3.20. The number of carbonyl (C=O) groups excluding carboxylic acids is 1. The summed E-state index contributed by atoms with van der Waals surface area (Å²) in [5, 5.41) is 6.86. The highest BCUT2D eigenvalue weighted by molar-refractivity contribution is 8.00. The number of thioether (sulfide) groups is 1. The maximum atomic E-state index is 12.3. The van der Waals surface area contributed by atoms with E-state index in [-0.39, 0.29) is 16.7 Å². The third-order valence-electron chi connectivity index (χ3n) is 3.56. The zero-order chi connectivity index (χ0) is 16.0. The van der Waals surface area contributed by atoms with Crippen molar-refractivity contribution in [2.75, 3.05) is 23.9 Å². The molecule has 1 heterocycles. The Bertz CT molecular complexity index is 461. The monoisotopic (exact) mass is 330 g/mol. The zero-order valence-electron chi connectivity index (χ0n) is 13.4. The van der Waals surface area contributed by atoms with Crippen LogP contribution < -0.4 is 16.4 Å². The fraction of sp³-hybridized carbons (Fsp3) is 0.714. The second kappa shape index (κ2) is 7.89. The molecule has 0 saturated heterocycles. The van der Waals surface area contributed by atoms with Crippen molar-refractivity contribution in [2.45, 2.75) is 51.3 Å². The Labute approximate surface area is 135 Å². The first-order chi connectivity index (χ1) is 9.87. The van der Waals surface area contributed by atoms with E-state index in [1.165, 1.54) is 11.3 Å². The first kappa shape index (κ1) is 18.1. The number of amides is 1. The Morgan fingerprint density at radius 3 is 2.52 bits per heavy atom. The largest absolute Gasteiger partial charge is 0.382 e. The van der Waals surface area contributed by atoms with E-state index in [0.29, 0.717) is 22.4 Å². The van der Waals surface area contributed by atoms with Crippen LogP contribution in [0.1, 0.15) is 50.2 Å². The molecule has 1 aromatic heterocycles. The summed E-state index contributed by atoms with van der Waals surface area (Å²) >= 11 is 3.11. The number of hydrogen-bond donors (Lipinski definition) is 3. The van der Waals surface area contributed by atoms with Crippen molar-refractivity contribution in [1.82, 2.24) is 10.3 Å². The van der Waals surface area contributed by atoms with Crippen LogP contribution in [0.25, 0.3) is 0 Å². The van der Waals surface area contributed by atoms with Gasteiger partial charge in [0.05, 0.1) is 0 Å². The molecule has 0 aromatic carbocycles. The van der Waals surface area contributed by atoms with Gasteiger partial charge in [-0.3, -0.25) is 4.79 Å². The number of nitrogens with zero attached hydrogens (tertiary/aromatic N) is 1. The average molecular weight is 331 g/mol. The van der Waals surface area contributed by atoms with Crippen LogP contribution in [0.4, 0.5) is 10.9 Å². The standard InChI is InChI=1S/C14H26N4OS2/c1-6-14(7-2,20-5)8-16-12(19)10-11(15)18-13(21-10)17-9(3)4/h9H,6-8,15H2,1-5H3,(H,16,19)(H,17,18). The first-order valence-electron chi connectivity index (χ1n) is 7.23. The first-order valence-corrected chi connectivity index (χ1v) is 9.27. The normalized spacial score (nSPS) is 11.7. The molecule has 0 unspecified atom stereocenters. The molecule has 5 nitrogen and oxygen atoms in total. The molecule has 0 radical (unpaired) electrons. The maximum absolute atomic E-state index is 12.3. The number of hydrogen-bond acceptors (Lipinski definition) is 6. The smallest absolute Gasteiger partial charge is 0.265 e. The van der Waals surface area contributed by atoms with E-state index in [2.05, 4.69) is 35.7 Å². The van der Waals surface area contributed by atoms with Gasteiger partial charge in [0.1, 0.15) is 10.7 Å². The third kappa shape index (κ3) is 4.78. The van der Waals surface area contributed by atoms with Gasteiger partial charge in [-0.2, -0.15) is 11.8 Å². The lowest BCUT2D eigenvalue weighted by Gasteiger charge is -2.29. The highest BCUT2D eigenvalue weighted by atomic mass is 32.2. The number of anilines is 2. The van der Waals surface area contributed by atoms with E-state index in [4.69, 9.17) is 5.73 Å². The van der Waals surface area contributed by atoms with Crippen molar-refractivity contribution in [3.05, 3.63) is 4.88 Å². The Balaban J connectivity index is 2.74. The predicted molar refractivity (Wildman–Crippen MR) is 94.4 cm³/mol. The Kier molecular flexibility index (Phi) is 6.80. The lowest BCUT2D eigenvalue weighted by Crippen LogP contribution is -2.39. The fourth-order valence-corrected chi connectivity index (χ4v) is 3.73. The summed E-state index contributed by atoms with van der Waals surface area (Å²) in [6.45, 7) is 8.99. The molecule has 0 saturated carbocycles. The van der Waals surface area contributed by atoms with E-state index < -0.39 is 0 Å². The van der Waals surface area contributed by atoms with Gasteiger partial charge in [-0.15, -0.1) is 0 Å². The van der Waals surface area contributed by atoms with Crippen molar-refractivity contribution in [3.8, 4) is 0 Å². The number of nitrogens with one attached hydrogen (secondary N) is 2. The summed E-state index contributed by atoms with van der Waals surface area (Å²) in [5.41, 5.74) is 5.85. The minimum absolute atomic E-state index is 0.0914. The van der Waals surface area contributed by atoms with Crippen molar-refractivity contribution >= 4 is 40.0 Å². The van der Waals surface area contributed by atoms with Crippen LogP contribution in [0, 0.1) is 0 Å². The second-order valence-corrected chi connectivity index (χ2v) is 7.58. The van der Waals surface area contributed by atoms with Gasteiger partial charge in [-0.05, 0) is 32.9 Å². The zero-order valence-corrected chi connectivity index (χ0v) is 15.1. The average Bonchev–Trinajstić information content (AvgIpc) is 2.80. The van der Waals surface area contributed by atoms with Gasteiger partial charge in [-0.25, -0.2) is 4.98 Å². The minimum Gasteiger partial charge on any atom is -0.382 e. The summed E-state index contributed by atoms with van der Waals surface area (Å²) < 4.78 is 0.0914. The van der Waals surface area contributed by atoms with Gasteiger partial charge in [0, 0.05) is 17.3 Å². The molecule has 0 aliphatic rings. The molecule has 4 N–H and O–H groups in total. The van der Waals surface area contributed by atoms with E-state index in [1.807, 2.05) is 13.8 Å². The molecule has 0 bridgehead atoms. The molecule has 1 amide bonds. The van der Waals surface area contributed by atoms with Gasteiger partial charge in [0.15, 0.2) is 5.13 Å². The molecule has 0 atom stereocenters. The maximum Gasteiger partial charge on any atom is 0.265 e. The van der Waals surface area contributed by atoms with Crippen LogP contribution in [0.15, 0.2) is 0 Å². The number of carbonyl (C=O) groups is 1. The summed E-state index contributed by atoms with van der Waals surface area (Å²) in [6.07, 6.45) is 4.12. The molecule has 0 spiro atoms. The molecular formula is C14H26N4OS2. The van der Waals surface area contributed by atoms with Crippen LogP contribution in [-0.4, -0.2) is 34.5 Å². The Morgan fingerprint density at radius 1 is 1.43 bits per heavy atom. The van der Waals surface area contributed by atoms with Crippen LogP contribution in [-0.2, 0) is 0 Å². The molecule has 7 heteroatoms. The van der Waals surface area contributed by atoms with Gasteiger partial charge in [0.25, 0.3) is 5.91 Å². The molecular weight excluding hydrogens is 304 g/mol. The molecule has 21 heavy (non-hydrogen) atoms. The molecule has 0 aliphatic carbocycles. The van der Waals surface area contributed by atoms with Crippen LogP contribution in [0.3, 0.4) is 0 Å². The van der Waals surface area contributed by atoms with Gasteiger partial charge >= 0.3 is 0 Å². The third-order valence-corrected chi connectivity index (χ3v) is 6.15. The summed E-state index contributed by atoms with van der Waals surface area (Å²) in [6, 6.07) is 0.260.